The zero-order chi connectivity index (χ0) is 15.9. The highest BCUT2D eigenvalue weighted by Crippen LogP contribution is 2.06. The van der Waals surface area contributed by atoms with Gasteiger partial charge in [-0.15, -0.1) is 0 Å². The minimum absolute atomic E-state index is 0.229. The number of nitrogens with zero attached hydrogens (tertiary/aromatic N) is 3. The topological polar surface area (TPSA) is 26.8 Å². The van der Waals surface area contributed by atoms with Gasteiger partial charge in [-0.05, 0) is 25.8 Å². The van der Waals surface area contributed by atoms with Crippen LogP contribution in [0.3, 0.4) is 0 Å². The molecule has 0 bridgehead atoms. The molecule has 0 atom stereocenters. The number of piperazine rings is 1. The number of carbonyl (C=O) groups is 1. The summed E-state index contributed by atoms with van der Waals surface area (Å²) >= 11 is 0. The van der Waals surface area contributed by atoms with Crippen LogP contribution in [0.15, 0.2) is 30.3 Å². The molecule has 1 saturated heterocycles. The number of hydrogen-bond donors (Lipinski definition) is 0. The van der Waals surface area contributed by atoms with Crippen LogP contribution in [0.25, 0.3) is 0 Å². The molecule has 0 aromatic heterocycles. The lowest BCUT2D eigenvalue weighted by Gasteiger charge is -2.35. The van der Waals surface area contributed by atoms with E-state index >= 15 is 0 Å². The van der Waals surface area contributed by atoms with Gasteiger partial charge < -0.3 is 9.80 Å². The van der Waals surface area contributed by atoms with Crippen molar-refractivity contribution in [3.63, 3.8) is 0 Å². The molecule has 0 radical (unpaired) electrons. The Labute approximate surface area is 134 Å². The average Bonchev–Trinajstić information content (AvgIpc) is 2.54. The molecule has 122 valence electrons. The Bertz CT molecular complexity index is 453. The Balaban J connectivity index is 1.68. The van der Waals surface area contributed by atoms with Crippen LogP contribution < -0.4 is 0 Å². The summed E-state index contributed by atoms with van der Waals surface area (Å²) in [6, 6.07) is 10.9. The minimum Gasteiger partial charge on any atom is -0.342 e. The Kier molecular flexibility index (Phi) is 6.40. The zero-order valence-corrected chi connectivity index (χ0v) is 14.2. The molecule has 4 nitrogen and oxygen atoms in total. The van der Waals surface area contributed by atoms with Gasteiger partial charge in [-0.2, -0.15) is 0 Å². The van der Waals surface area contributed by atoms with Crippen LogP contribution in [-0.2, 0) is 11.2 Å². The van der Waals surface area contributed by atoms with Crippen molar-refractivity contribution in [2.75, 3.05) is 46.3 Å². The van der Waals surface area contributed by atoms with Gasteiger partial charge in [0.1, 0.15) is 0 Å². The summed E-state index contributed by atoms with van der Waals surface area (Å²) in [5.41, 5.74) is 1.40. The SMILES string of the molecule is CC(C)N(C)C(=O)CN1CCN(CCc2ccccc2)CC1. The van der Waals surface area contributed by atoms with Crippen LogP contribution in [0.1, 0.15) is 19.4 Å². The van der Waals surface area contributed by atoms with Crippen LogP contribution in [0.5, 0.6) is 0 Å². The summed E-state index contributed by atoms with van der Waals surface area (Å²) < 4.78 is 0. The fraction of sp³-hybridized carbons (Fsp3) is 0.611. The van der Waals surface area contributed by atoms with Crippen LogP contribution in [0.2, 0.25) is 0 Å². The lowest BCUT2D eigenvalue weighted by atomic mass is 10.1. The van der Waals surface area contributed by atoms with E-state index in [1.54, 1.807) is 0 Å². The second kappa shape index (κ2) is 8.30. The Hall–Kier alpha value is -1.39. The van der Waals surface area contributed by atoms with Gasteiger partial charge >= 0.3 is 0 Å². The van der Waals surface area contributed by atoms with Crippen LogP contribution in [-0.4, -0.2) is 73.0 Å². The van der Waals surface area contributed by atoms with Gasteiger partial charge in [0.05, 0.1) is 6.54 Å². The summed E-state index contributed by atoms with van der Waals surface area (Å²) in [7, 11) is 1.89. The van der Waals surface area contributed by atoms with Gasteiger partial charge in [-0.25, -0.2) is 0 Å². The maximum absolute atomic E-state index is 12.1. The third-order valence-corrected chi connectivity index (χ3v) is 4.55. The standard InChI is InChI=1S/C18H29N3O/c1-16(2)19(3)18(22)15-21-13-11-20(12-14-21)10-9-17-7-5-4-6-8-17/h4-8,16H,9-15H2,1-3H3. The van der Waals surface area contributed by atoms with Crippen molar-refractivity contribution in [1.29, 1.82) is 0 Å². The smallest absolute Gasteiger partial charge is 0.236 e. The fourth-order valence-corrected chi connectivity index (χ4v) is 2.69. The van der Waals surface area contributed by atoms with E-state index in [1.807, 2.05) is 11.9 Å². The highest BCUT2D eigenvalue weighted by Gasteiger charge is 2.21. The Morgan fingerprint density at radius 3 is 2.27 bits per heavy atom. The van der Waals surface area contributed by atoms with Crippen molar-refractivity contribution in [2.45, 2.75) is 26.3 Å². The van der Waals surface area contributed by atoms with E-state index in [0.29, 0.717) is 6.54 Å². The van der Waals surface area contributed by atoms with E-state index in [1.165, 1.54) is 5.56 Å². The third-order valence-electron chi connectivity index (χ3n) is 4.55. The molecule has 1 amide bonds. The van der Waals surface area contributed by atoms with Gasteiger partial charge in [-0.1, -0.05) is 30.3 Å². The second-order valence-corrected chi connectivity index (χ2v) is 6.45. The molecular weight excluding hydrogens is 274 g/mol. The van der Waals surface area contributed by atoms with Crippen molar-refractivity contribution >= 4 is 5.91 Å². The largest absolute Gasteiger partial charge is 0.342 e. The van der Waals surface area contributed by atoms with Crippen molar-refractivity contribution < 1.29 is 4.79 Å². The molecule has 0 unspecified atom stereocenters. The number of rotatable bonds is 6. The predicted molar refractivity (Wildman–Crippen MR) is 90.9 cm³/mol. The zero-order valence-electron chi connectivity index (χ0n) is 14.2. The maximum Gasteiger partial charge on any atom is 0.236 e. The minimum atomic E-state index is 0.229. The van der Waals surface area contributed by atoms with E-state index < -0.39 is 0 Å². The predicted octanol–water partition coefficient (Wildman–Crippen LogP) is 1.71. The molecule has 22 heavy (non-hydrogen) atoms. The van der Waals surface area contributed by atoms with E-state index in [0.717, 1.165) is 39.1 Å². The lowest BCUT2D eigenvalue weighted by molar-refractivity contribution is -0.133. The second-order valence-electron chi connectivity index (χ2n) is 6.45. The first-order valence-corrected chi connectivity index (χ1v) is 8.30. The molecule has 1 heterocycles. The van der Waals surface area contributed by atoms with Crippen LogP contribution >= 0.6 is 0 Å². The van der Waals surface area contributed by atoms with Crippen molar-refractivity contribution in [2.24, 2.45) is 0 Å². The molecule has 0 aliphatic carbocycles. The van der Waals surface area contributed by atoms with Gasteiger partial charge in [0, 0.05) is 45.8 Å². The molecule has 4 heteroatoms. The number of amides is 1. The number of carbonyl (C=O) groups excluding carboxylic acids is 1. The van der Waals surface area contributed by atoms with Gasteiger partial charge in [0.2, 0.25) is 5.91 Å². The molecule has 1 aromatic carbocycles. The van der Waals surface area contributed by atoms with Crippen molar-refractivity contribution in [1.82, 2.24) is 14.7 Å². The first kappa shape index (κ1) is 17.0. The van der Waals surface area contributed by atoms with E-state index in [-0.39, 0.29) is 11.9 Å². The van der Waals surface area contributed by atoms with Gasteiger partial charge in [0.25, 0.3) is 0 Å². The Morgan fingerprint density at radius 2 is 1.68 bits per heavy atom. The maximum atomic E-state index is 12.1. The molecule has 0 saturated carbocycles. The van der Waals surface area contributed by atoms with Crippen LogP contribution in [0.4, 0.5) is 0 Å². The van der Waals surface area contributed by atoms with E-state index in [2.05, 4.69) is 54.0 Å². The summed E-state index contributed by atoms with van der Waals surface area (Å²) in [5, 5.41) is 0. The van der Waals surface area contributed by atoms with E-state index in [9.17, 15) is 4.79 Å². The number of benzene rings is 1. The monoisotopic (exact) mass is 303 g/mol. The molecule has 1 fully saturated rings. The first-order valence-electron chi connectivity index (χ1n) is 8.30. The lowest BCUT2D eigenvalue weighted by Crippen LogP contribution is -2.50. The average molecular weight is 303 g/mol. The normalized spacial score (nSPS) is 16.9. The Morgan fingerprint density at radius 1 is 1.09 bits per heavy atom. The molecule has 1 aliphatic rings. The van der Waals surface area contributed by atoms with Gasteiger partial charge in [0.15, 0.2) is 0 Å². The van der Waals surface area contributed by atoms with Gasteiger partial charge in [-0.3, -0.25) is 9.69 Å². The van der Waals surface area contributed by atoms with Crippen molar-refractivity contribution in [3.05, 3.63) is 35.9 Å². The third kappa shape index (κ3) is 5.11. The molecule has 2 rings (SSSR count). The summed E-state index contributed by atoms with van der Waals surface area (Å²) in [5.74, 6) is 0.229. The molecular formula is C18H29N3O. The summed E-state index contributed by atoms with van der Waals surface area (Å²) in [4.78, 5) is 18.7. The van der Waals surface area contributed by atoms with Crippen LogP contribution in [0, 0.1) is 0 Å². The fourth-order valence-electron chi connectivity index (χ4n) is 2.69. The highest BCUT2D eigenvalue weighted by atomic mass is 16.2. The quantitative estimate of drug-likeness (QED) is 0.800. The summed E-state index contributed by atoms with van der Waals surface area (Å²) in [6.07, 6.45) is 1.11. The number of likely N-dealkylation sites (N-methyl/N-ethyl adjacent to an activating group) is 1. The van der Waals surface area contributed by atoms with Crippen molar-refractivity contribution in [3.8, 4) is 0 Å². The molecule has 1 aliphatic heterocycles. The number of hydrogen-bond acceptors (Lipinski definition) is 3. The summed E-state index contributed by atoms with van der Waals surface area (Å²) in [6.45, 7) is 9.88. The molecule has 0 spiro atoms. The highest BCUT2D eigenvalue weighted by molar-refractivity contribution is 5.78. The van der Waals surface area contributed by atoms with E-state index in [4.69, 9.17) is 0 Å². The first-order chi connectivity index (χ1) is 10.6. The molecule has 1 aromatic rings. The molecule has 0 N–H and O–H groups in total.